The minimum Gasteiger partial charge on any atom is -0.497 e. The van der Waals surface area contributed by atoms with Gasteiger partial charge in [-0.1, -0.05) is 0 Å². The normalized spacial score (nSPS) is 14.0. The second kappa shape index (κ2) is 8.61. The highest BCUT2D eigenvalue weighted by atomic mass is 127. The fourth-order valence-corrected chi connectivity index (χ4v) is 3.77. The molecule has 2 aromatic carbocycles. The van der Waals surface area contributed by atoms with Crippen LogP contribution in [-0.2, 0) is 4.74 Å². The van der Waals surface area contributed by atoms with Crippen LogP contribution < -0.4 is 10.1 Å². The van der Waals surface area contributed by atoms with E-state index in [0.29, 0.717) is 0 Å². The average molecular weight is 476 g/mol. The number of nitrogens with zero attached hydrogens (tertiary/aromatic N) is 1. The van der Waals surface area contributed by atoms with Gasteiger partial charge in [0.15, 0.2) is 0 Å². The van der Waals surface area contributed by atoms with Crippen molar-refractivity contribution in [1.82, 2.24) is 4.98 Å². The first-order valence-corrected chi connectivity index (χ1v) is 10.7. The highest BCUT2D eigenvalue weighted by Crippen LogP contribution is 2.33. The van der Waals surface area contributed by atoms with Gasteiger partial charge in [-0.25, -0.2) is 4.98 Å². The minimum absolute atomic E-state index is 0.843. The lowest BCUT2D eigenvalue weighted by molar-refractivity contribution is 0.121. The summed E-state index contributed by atoms with van der Waals surface area (Å²) >= 11 is 2.34. The molecule has 0 saturated heterocycles. The van der Waals surface area contributed by atoms with E-state index in [0.717, 1.165) is 71.8 Å². The number of halogens is 1. The molecule has 142 valence electrons. The molecule has 3 aromatic rings. The van der Waals surface area contributed by atoms with Gasteiger partial charge in [-0.2, -0.15) is 0 Å². The predicted molar refractivity (Wildman–Crippen MR) is 120 cm³/mol. The Labute approximate surface area is 173 Å². The van der Waals surface area contributed by atoms with E-state index in [2.05, 4.69) is 52.2 Å². The maximum Gasteiger partial charge on any atom is 0.119 e. The molecular weight excluding hydrogens is 451 g/mol. The molecule has 0 spiro atoms. The Morgan fingerprint density at radius 2 is 1.96 bits per heavy atom. The fraction of sp³-hybridized carbons (Fsp3) is 0.409. The topological polar surface area (TPSA) is 43.4 Å². The molecule has 0 amide bonds. The number of hydrogen-bond donors (Lipinski definition) is 1. The molecule has 1 heterocycles. The van der Waals surface area contributed by atoms with Crippen LogP contribution in [0.2, 0.25) is 0 Å². The summed E-state index contributed by atoms with van der Waals surface area (Å²) in [6.45, 7) is 2.73. The molecule has 5 heteroatoms. The van der Waals surface area contributed by atoms with Gasteiger partial charge < -0.3 is 14.8 Å². The SMILES string of the molecule is COc1ccc2nc3cc(I)ccc3c(NCCCCOCC3CC3)c2c1. The summed E-state index contributed by atoms with van der Waals surface area (Å²) in [6.07, 6.45) is 4.88. The Morgan fingerprint density at radius 1 is 1.07 bits per heavy atom. The van der Waals surface area contributed by atoms with Crippen molar-refractivity contribution in [3.8, 4) is 5.75 Å². The first kappa shape index (κ1) is 18.7. The van der Waals surface area contributed by atoms with Gasteiger partial charge in [-0.15, -0.1) is 0 Å². The summed E-state index contributed by atoms with van der Waals surface area (Å²) in [6, 6.07) is 12.5. The van der Waals surface area contributed by atoms with Crippen LogP contribution in [-0.4, -0.2) is 31.9 Å². The van der Waals surface area contributed by atoms with Crippen LogP contribution >= 0.6 is 22.6 Å². The van der Waals surface area contributed by atoms with Crippen molar-refractivity contribution in [2.75, 3.05) is 32.2 Å². The molecular formula is C22H25IN2O2. The molecule has 1 saturated carbocycles. The summed E-state index contributed by atoms with van der Waals surface area (Å²) in [5, 5.41) is 5.92. The van der Waals surface area contributed by atoms with Gasteiger partial charge in [0.05, 0.1) is 23.8 Å². The number of unbranched alkanes of at least 4 members (excludes halogenated alkanes) is 1. The number of nitrogens with one attached hydrogen (secondary N) is 1. The van der Waals surface area contributed by atoms with Crippen molar-refractivity contribution in [3.63, 3.8) is 0 Å². The number of pyridine rings is 1. The Kier molecular flexibility index (Phi) is 5.98. The van der Waals surface area contributed by atoms with Gasteiger partial charge in [-0.3, -0.25) is 0 Å². The van der Waals surface area contributed by atoms with Crippen LogP contribution in [0.15, 0.2) is 36.4 Å². The van der Waals surface area contributed by atoms with Crippen LogP contribution in [0.4, 0.5) is 5.69 Å². The number of ether oxygens (including phenoxy) is 2. The minimum atomic E-state index is 0.843. The number of fused-ring (bicyclic) bond motifs is 2. The lowest BCUT2D eigenvalue weighted by Crippen LogP contribution is -2.06. The maximum absolute atomic E-state index is 5.74. The summed E-state index contributed by atoms with van der Waals surface area (Å²) in [5.41, 5.74) is 3.15. The quantitative estimate of drug-likeness (QED) is 0.247. The second-order valence-electron chi connectivity index (χ2n) is 7.18. The largest absolute Gasteiger partial charge is 0.497 e. The molecule has 27 heavy (non-hydrogen) atoms. The lowest BCUT2D eigenvalue weighted by atomic mass is 10.1. The predicted octanol–water partition coefficient (Wildman–Crippen LogP) is 5.62. The maximum atomic E-state index is 5.74. The summed E-state index contributed by atoms with van der Waals surface area (Å²) < 4.78 is 12.4. The highest BCUT2D eigenvalue weighted by molar-refractivity contribution is 14.1. The zero-order chi connectivity index (χ0) is 18.6. The van der Waals surface area contributed by atoms with E-state index in [9.17, 15) is 0 Å². The summed E-state index contributed by atoms with van der Waals surface area (Å²) in [4.78, 5) is 4.85. The first-order chi connectivity index (χ1) is 13.2. The van der Waals surface area contributed by atoms with Crippen molar-refractivity contribution in [1.29, 1.82) is 0 Å². The molecule has 4 nitrogen and oxygen atoms in total. The Balaban J connectivity index is 1.52. The Hall–Kier alpha value is -1.60. The molecule has 0 unspecified atom stereocenters. The van der Waals surface area contributed by atoms with E-state index in [1.165, 1.54) is 16.4 Å². The van der Waals surface area contributed by atoms with Crippen molar-refractivity contribution in [2.24, 2.45) is 5.92 Å². The third-order valence-corrected chi connectivity index (χ3v) is 5.68. The second-order valence-corrected chi connectivity index (χ2v) is 8.43. The Bertz CT molecular complexity index is 940. The third-order valence-electron chi connectivity index (χ3n) is 5.01. The third kappa shape index (κ3) is 4.63. The molecule has 0 atom stereocenters. The summed E-state index contributed by atoms with van der Waals surface area (Å²) in [5.74, 6) is 1.70. The molecule has 1 aliphatic carbocycles. The van der Waals surface area contributed by atoms with Crippen LogP contribution in [0.5, 0.6) is 5.75 Å². The van der Waals surface area contributed by atoms with E-state index >= 15 is 0 Å². The van der Waals surface area contributed by atoms with Gasteiger partial charge >= 0.3 is 0 Å². The first-order valence-electron chi connectivity index (χ1n) is 9.63. The van der Waals surface area contributed by atoms with Gasteiger partial charge in [0.2, 0.25) is 0 Å². The molecule has 1 aromatic heterocycles. The van der Waals surface area contributed by atoms with Crippen molar-refractivity contribution < 1.29 is 9.47 Å². The molecule has 4 rings (SSSR count). The van der Waals surface area contributed by atoms with Crippen molar-refractivity contribution in [2.45, 2.75) is 25.7 Å². The van der Waals surface area contributed by atoms with E-state index in [-0.39, 0.29) is 0 Å². The summed E-state index contributed by atoms with van der Waals surface area (Å²) in [7, 11) is 1.70. The number of methoxy groups -OCH3 is 1. The smallest absolute Gasteiger partial charge is 0.119 e. The monoisotopic (exact) mass is 476 g/mol. The van der Waals surface area contributed by atoms with Crippen LogP contribution in [0.1, 0.15) is 25.7 Å². The van der Waals surface area contributed by atoms with Crippen LogP contribution in [0, 0.1) is 9.49 Å². The highest BCUT2D eigenvalue weighted by Gasteiger charge is 2.20. The molecule has 1 N–H and O–H groups in total. The van der Waals surface area contributed by atoms with Crippen molar-refractivity contribution in [3.05, 3.63) is 40.0 Å². The molecule has 1 aliphatic rings. The lowest BCUT2D eigenvalue weighted by Gasteiger charge is -2.14. The number of anilines is 1. The van der Waals surface area contributed by atoms with E-state index in [1.54, 1.807) is 7.11 Å². The standard InChI is InChI=1S/C22H25IN2O2/c1-26-17-7-9-20-19(13-17)22(18-8-6-16(23)12-21(18)25-20)24-10-2-3-11-27-14-15-4-5-15/h6-9,12-13,15H,2-5,10-11,14H2,1H3,(H,24,25). The van der Waals surface area contributed by atoms with E-state index in [4.69, 9.17) is 14.5 Å². The fourth-order valence-electron chi connectivity index (χ4n) is 3.29. The van der Waals surface area contributed by atoms with Gasteiger partial charge in [0.25, 0.3) is 0 Å². The number of hydrogen-bond acceptors (Lipinski definition) is 4. The Morgan fingerprint density at radius 3 is 2.78 bits per heavy atom. The molecule has 1 fully saturated rings. The van der Waals surface area contributed by atoms with Crippen LogP contribution in [0.25, 0.3) is 21.8 Å². The van der Waals surface area contributed by atoms with Crippen molar-refractivity contribution >= 4 is 50.1 Å². The average Bonchev–Trinajstić information content (AvgIpc) is 3.50. The molecule has 0 radical (unpaired) electrons. The van der Waals surface area contributed by atoms with Gasteiger partial charge in [0, 0.05) is 34.1 Å². The molecule has 0 aliphatic heterocycles. The van der Waals surface area contributed by atoms with Gasteiger partial charge in [-0.05, 0) is 90.6 Å². The number of aromatic nitrogens is 1. The van der Waals surface area contributed by atoms with Crippen LogP contribution in [0.3, 0.4) is 0 Å². The van der Waals surface area contributed by atoms with E-state index in [1.807, 2.05) is 12.1 Å². The van der Waals surface area contributed by atoms with E-state index < -0.39 is 0 Å². The number of rotatable bonds is 9. The molecule has 0 bridgehead atoms. The van der Waals surface area contributed by atoms with Gasteiger partial charge in [0.1, 0.15) is 5.75 Å². The zero-order valence-corrected chi connectivity index (χ0v) is 17.8. The number of benzene rings is 2. The zero-order valence-electron chi connectivity index (χ0n) is 15.6.